The molecule has 2 aliphatic rings. The maximum atomic E-state index is 5.82. The number of guanidine groups is 1. The van der Waals surface area contributed by atoms with E-state index in [9.17, 15) is 0 Å². The average molecular weight is 516 g/mol. The summed E-state index contributed by atoms with van der Waals surface area (Å²) in [6.07, 6.45) is 4.79. The standard InChI is InChI=1S/C22H36N4O2.HI/c1-2-23-22(24-12-7-14-28-21-11-15-27-18-21)25-16-20-10-6-13-26(20)17-19-8-4-3-5-9-19;/h3-5,8-9,20-21H,2,6-7,10-18H2,1H3,(H2,23,24,25);1H. The van der Waals surface area contributed by atoms with E-state index in [1.807, 2.05) is 0 Å². The summed E-state index contributed by atoms with van der Waals surface area (Å²) in [7, 11) is 0. The second-order valence-electron chi connectivity index (χ2n) is 7.61. The molecule has 3 rings (SSSR count). The van der Waals surface area contributed by atoms with E-state index in [-0.39, 0.29) is 24.0 Å². The van der Waals surface area contributed by atoms with E-state index in [0.29, 0.717) is 12.1 Å². The first kappa shape index (κ1) is 24.4. The Morgan fingerprint density at radius 2 is 2.10 bits per heavy atom. The van der Waals surface area contributed by atoms with Gasteiger partial charge in [-0.1, -0.05) is 30.3 Å². The van der Waals surface area contributed by atoms with Crippen LogP contribution in [0.4, 0.5) is 0 Å². The predicted octanol–water partition coefficient (Wildman–Crippen LogP) is 3.02. The van der Waals surface area contributed by atoms with Gasteiger partial charge in [0.15, 0.2) is 5.96 Å². The molecule has 0 amide bonds. The van der Waals surface area contributed by atoms with Crippen LogP contribution in [0.1, 0.15) is 38.2 Å². The Kier molecular flexibility index (Phi) is 11.9. The minimum absolute atomic E-state index is 0. The predicted molar refractivity (Wildman–Crippen MR) is 129 cm³/mol. The molecule has 2 atom stereocenters. The van der Waals surface area contributed by atoms with Crippen molar-refractivity contribution in [2.24, 2.45) is 4.99 Å². The van der Waals surface area contributed by atoms with E-state index in [4.69, 9.17) is 14.5 Å². The number of aliphatic imine (C=N–C) groups is 1. The third-order valence-corrected chi connectivity index (χ3v) is 5.39. The molecule has 2 heterocycles. The lowest BCUT2D eigenvalue weighted by Crippen LogP contribution is -2.39. The maximum absolute atomic E-state index is 5.82. The molecule has 2 aliphatic heterocycles. The van der Waals surface area contributed by atoms with E-state index < -0.39 is 0 Å². The first-order chi connectivity index (χ1) is 13.8. The Hall–Kier alpha value is -0.900. The molecule has 2 saturated heterocycles. The molecule has 1 aromatic rings. The van der Waals surface area contributed by atoms with Crippen LogP contribution < -0.4 is 10.6 Å². The van der Waals surface area contributed by atoms with E-state index in [1.165, 1.54) is 24.9 Å². The molecule has 29 heavy (non-hydrogen) atoms. The summed E-state index contributed by atoms with van der Waals surface area (Å²) >= 11 is 0. The minimum atomic E-state index is 0. The summed E-state index contributed by atoms with van der Waals surface area (Å²) in [5, 5.41) is 6.81. The number of nitrogens with zero attached hydrogens (tertiary/aromatic N) is 2. The van der Waals surface area contributed by atoms with E-state index >= 15 is 0 Å². The molecule has 164 valence electrons. The van der Waals surface area contributed by atoms with Gasteiger partial charge in [0, 0.05) is 38.9 Å². The van der Waals surface area contributed by atoms with Gasteiger partial charge in [0.25, 0.3) is 0 Å². The molecule has 1 aromatic carbocycles. The number of benzene rings is 1. The summed E-state index contributed by atoms with van der Waals surface area (Å²) in [5.41, 5.74) is 1.39. The fourth-order valence-corrected chi connectivity index (χ4v) is 3.84. The second-order valence-corrected chi connectivity index (χ2v) is 7.61. The lowest BCUT2D eigenvalue weighted by Gasteiger charge is -2.23. The fourth-order valence-electron chi connectivity index (χ4n) is 3.84. The molecule has 0 aromatic heterocycles. The van der Waals surface area contributed by atoms with Crippen molar-refractivity contribution < 1.29 is 9.47 Å². The van der Waals surface area contributed by atoms with Gasteiger partial charge in [-0.3, -0.25) is 9.89 Å². The highest BCUT2D eigenvalue weighted by Gasteiger charge is 2.24. The van der Waals surface area contributed by atoms with Crippen LogP contribution in [0.25, 0.3) is 0 Å². The van der Waals surface area contributed by atoms with Gasteiger partial charge in [0.2, 0.25) is 0 Å². The average Bonchev–Trinajstić information content (AvgIpc) is 3.39. The lowest BCUT2D eigenvalue weighted by molar-refractivity contribution is 0.0420. The van der Waals surface area contributed by atoms with Crippen molar-refractivity contribution in [2.45, 2.75) is 51.3 Å². The van der Waals surface area contributed by atoms with Crippen molar-refractivity contribution in [1.29, 1.82) is 0 Å². The first-order valence-electron chi connectivity index (χ1n) is 10.8. The Morgan fingerprint density at radius 1 is 1.24 bits per heavy atom. The van der Waals surface area contributed by atoms with Crippen molar-refractivity contribution >= 4 is 29.9 Å². The highest BCUT2D eigenvalue weighted by Crippen LogP contribution is 2.20. The highest BCUT2D eigenvalue weighted by atomic mass is 127. The van der Waals surface area contributed by atoms with Gasteiger partial charge in [-0.15, -0.1) is 24.0 Å². The maximum Gasteiger partial charge on any atom is 0.191 e. The minimum Gasteiger partial charge on any atom is -0.379 e. The molecule has 0 bridgehead atoms. The molecule has 7 heteroatoms. The van der Waals surface area contributed by atoms with Gasteiger partial charge in [0.05, 0.1) is 19.3 Å². The van der Waals surface area contributed by atoms with Crippen LogP contribution in [-0.4, -0.2) is 69.0 Å². The number of likely N-dealkylation sites (tertiary alicyclic amines) is 1. The Morgan fingerprint density at radius 3 is 2.86 bits per heavy atom. The largest absolute Gasteiger partial charge is 0.379 e. The SMILES string of the molecule is CCNC(=NCC1CCCN1Cc1ccccc1)NCCCOC1CCOC1.I. The number of hydrogen-bond acceptors (Lipinski definition) is 4. The zero-order chi connectivity index (χ0) is 19.4. The number of hydrogen-bond donors (Lipinski definition) is 2. The third-order valence-electron chi connectivity index (χ3n) is 5.39. The van der Waals surface area contributed by atoms with Crippen molar-refractivity contribution in [2.75, 3.05) is 46.0 Å². The van der Waals surface area contributed by atoms with Crippen molar-refractivity contribution in [3.63, 3.8) is 0 Å². The Bertz CT molecular complexity index is 581. The quantitative estimate of drug-likeness (QED) is 0.217. The molecular weight excluding hydrogens is 479 g/mol. The van der Waals surface area contributed by atoms with E-state index in [2.05, 4.69) is 52.8 Å². The van der Waals surface area contributed by atoms with Crippen LogP contribution in [-0.2, 0) is 16.0 Å². The van der Waals surface area contributed by atoms with Crippen LogP contribution >= 0.6 is 24.0 Å². The third kappa shape index (κ3) is 8.78. The lowest BCUT2D eigenvalue weighted by atomic mass is 10.2. The Balaban J connectivity index is 0.00000300. The van der Waals surface area contributed by atoms with Gasteiger partial charge in [-0.25, -0.2) is 0 Å². The summed E-state index contributed by atoms with van der Waals surface area (Å²) < 4.78 is 11.2. The molecule has 0 saturated carbocycles. The molecule has 0 aliphatic carbocycles. The normalized spacial score (nSPS) is 22.4. The van der Waals surface area contributed by atoms with Crippen molar-refractivity contribution in [3.8, 4) is 0 Å². The van der Waals surface area contributed by atoms with E-state index in [0.717, 1.165) is 64.8 Å². The molecular formula is C22H37IN4O2. The summed E-state index contributed by atoms with van der Waals surface area (Å²) in [6, 6.07) is 11.3. The molecule has 0 radical (unpaired) electrons. The zero-order valence-electron chi connectivity index (χ0n) is 17.6. The highest BCUT2D eigenvalue weighted by molar-refractivity contribution is 14.0. The molecule has 2 N–H and O–H groups in total. The molecule has 2 unspecified atom stereocenters. The Labute approximate surface area is 192 Å². The van der Waals surface area contributed by atoms with Gasteiger partial charge in [0.1, 0.15) is 0 Å². The zero-order valence-corrected chi connectivity index (χ0v) is 20.0. The molecule has 2 fully saturated rings. The number of nitrogens with one attached hydrogen (secondary N) is 2. The van der Waals surface area contributed by atoms with Gasteiger partial charge in [-0.05, 0) is 44.7 Å². The smallest absolute Gasteiger partial charge is 0.191 e. The summed E-state index contributed by atoms with van der Waals surface area (Å²) in [4.78, 5) is 7.42. The van der Waals surface area contributed by atoms with Crippen LogP contribution in [0.2, 0.25) is 0 Å². The van der Waals surface area contributed by atoms with Crippen LogP contribution in [0.5, 0.6) is 0 Å². The topological polar surface area (TPSA) is 58.1 Å². The van der Waals surface area contributed by atoms with Crippen LogP contribution in [0.3, 0.4) is 0 Å². The van der Waals surface area contributed by atoms with Crippen molar-refractivity contribution in [3.05, 3.63) is 35.9 Å². The van der Waals surface area contributed by atoms with Crippen LogP contribution in [0.15, 0.2) is 35.3 Å². The number of halogens is 1. The monoisotopic (exact) mass is 516 g/mol. The summed E-state index contributed by atoms with van der Waals surface area (Å²) in [5.74, 6) is 0.915. The van der Waals surface area contributed by atoms with Gasteiger partial charge in [-0.2, -0.15) is 0 Å². The van der Waals surface area contributed by atoms with Gasteiger partial charge < -0.3 is 20.1 Å². The summed E-state index contributed by atoms with van der Waals surface area (Å²) in [6.45, 7) is 9.25. The second kappa shape index (κ2) is 14.2. The molecule has 6 nitrogen and oxygen atoms in total. The number of ether oxygens (including phenoxy) is 2. The van der Waals surface area contributed by atoms with Gasteiger partial charge >= 0.3 is 0 Å². The van der Waals surface area contributed by atoms with Crippen molar-refractivity contribution in [1.82, 2.24) is 15.5 Å². The van der Waals surface area contributed by atoms with E-state index in [1.54, 1.807) is 0 Å². The van der Waals surface area contributed by atoms with Crippen LogP contribution in [0, 0.1) is 0 Å². The molecule has 0 spiro atoms. The first-order valence-corrected chi connectivity index (χ1v) is 10.8. The fraction of sp³-hybridized carbons (Fsp3) is 0.682. The number of rotatable bonds is 10.